The maximum Gasteiger partial charge on any atom is 0.0638 e. The summed E-state index contributed by atoms with van der Waals surface area (Å²) in [5.74, 6) is 0. The molecule has 3 fully saturated rings. The summed E-state index contributed by atoms with van der Waals surface area (Å²) < 4.78 is 0. The highest BCUT2D eigenvalue weighted by molar-refractivity contribution is 7.80. The van der Waals surface area contributed by atoms with Crippen molar-refractivity contribution in [3.8, 4) is 0 Å². The normalized spacial score (nSPS) is 24.3. The Morgan fingerprint density at radius 1 is 0.457 bits per heavy atom. The predicted octanol–water partition coefficient (Wildman–Crippen LogP) is 7.50. The molecule has 0 amide bonds. The quantitative estimate of drug-likeness (QED) is 0.184. The maximum absolute atomic E-state index is 4.65. The molecule has 4 atom stereocenters. The number of thiol groups is 3. The second-order valence-corrected chi connectivity index (χ2v) is 14.6. The van der Waals surface area contributed by atoms with Crippen molar-refractivity contribution >= 4 is 60.6 Å². The smallest absolute Gasteiger partial charge is 0.0638 e. The average molecular weight is 668 g/mol. The molecular weight excluding hydrogens is 623 g/mol. The van der Waals surface area contributed by atoms with Gasteiger partial charge in [0, 0.05) is 82.7 Å². The summed E-state index contributed by atoms with van der Waals surface area (Å²) in [4.78, 5) is 16.4. The molecule has 7 rings (SSSR count). The van der Waals surface area contributed by atoms with Gasteiger partial charge in [0.2, 0.25) is 0 Å². The molecule has 0 aromatic heterocycles. The molecule has 0 spiro atoms. The number of benzene rings is 4. The van der Waals surface area contributed by atoms with E-state index in [4.69, 9.17) is 0 Å². The Morgan fingerprint density at radius 3 is 1.61 bits per heavy atom. The topological polar surface area (TPSA) is 16.2 Å². The SMILES string of the molecule is CN1CC(C2CCCCN2c2ccc(S)cc2)N(c2ccc(S)cc2)CC1C1CN(c2ccc(S)cc2)CCN1c1ccccc1. The van der Waals surface area contributed by atoms with Gasteiger partial charge in [0.1, 0.15) is 0 Å². The molecule has 46 heavy (non-hydrogen) atoms. The molecule has 240 valence electrons. The Bertz CT molecular complexity index is 1570. The minimum atomic E-state index is 0.315. The zero-order valence-corrected chi connectivity index (χ0v) is 29.2. The minimum Gasteiger partial charge on any atom is -0.368 e. The van der Waals surface area contributed by atoms with E-state index in [1.807, 2.05) is 0 Å². The van der Waals surface area contributed by atoms with Gasteiger partial charge >= 0.3 is 0 Å². The van der Waals surface area contributed by atoms with Crippen molar-refractivity contribution in [3.05, 3.63) is 103 Å². The number of para-hydroxylation sites is 1. The van der Waals surface area contributed by atoms with Crippen molar-refractivity contribution in [2.24, 2.45) is 0 Å². The molecule has 3 heterocycles. The molecule has 3 aliphatic rings. The number of hydrogen-bond donors (Lipinski definition) is 3. The molecule has 0 bridgehead atoms. The first-order chi connectivity index (χ1) is 22.4. The lowest BCUT2D eigenvalue weighted by atomic mass is 9.88. The Labute approximate surface area is 291 Å². The molecule has 8 heteroatoms. The summed E-state index contributed by atoms with van der Waals surface area (Å²) in [5, 5.41) is 0. The van der Waals surface area contributed by atoms with Crippen LogP contribution in [0.1, 0.15) is 19.3 Å². The van der Waals surface area contributed by atoms with E-state index < -0.39 is 0 Å². The third-order valence-electron chi connectivity index (χ3n) is 10.3. The first-order valence-electron chi connectivity index (χ1n) is 16.6. The van der Waals surface area contributed by atoms with Gasteiger partial charge in [-0.05, 0) is 111 Å². The van der Waals surface area contributed by atoms with Crippen molar-refractivity contribution in [2.45, 2.75) is 58.1 Å². The van der Waals surface area contributed by atoms with Crippen LogP contribution in [0.4, 0.5) is 22.7 Å². The number of piperidine rings is 1. The third-order valence-corrected chi connectivity index (χ3v) is 11.2. The highest BCUT2D eigenvalue weighted by Gasteiger charge is 2.44. The van der Waals surface area contributed by atoms with E-state index in [2.05, 4.69) is 173 Å². The lowest BCUT2D eigenvalue weighted by Crippen LogP contribution is -2.71. The van der Waals surface area contributed by atoms with E-state index in [1.54, 1.807) is 0 Å². The van der Waals surface area contributed by atoms with E-state index in [0.29, 0.717) is 24.2 Å². The average Bonchev–Trinajstić information content (AvgIpc) is 3.09. The summed E-state index contributed by atoms with van der Waals surface area (Å²) >= 11 is 13.8. The van der Waals surface area contributed by atoms with Crippen LogP contribution in [-0.2, 0) is 0 Å². The molecule has 0 radical (unpaired) electrons. The van der Waals surface area contributed by atoms with E-state index in [0.717, 1.165) is 54.0 Å². The zero-order chi connectivity index (χ0) is 31.6. The van der Waals surface area contributed by atoms with Crippen molar-refractivity contribution in [1.29, 1.82) is 0 Å². The highest BCUT2D eigenvalue weighted by atomic mass is 32.1. The number of likely N-dealkylation sites (N-methyl/N-ethyl adjacent to an activating group) is 1. The monoisotopic (exact) mass is 667 g/mol. The van der Waals surface area contributed by atoms with E-state index in [-0.39, 0.29) is 0 Å². The van der Waals surface area contributed by atoms with Gasteiger partial charge < -0.3 is 19.6 Å². The molecule has 0 saturated carbocycles. The van der Waals surface area contributed by atoms with Gasteiger partial charge in [-0.15, -0.1) is 37.9 Å². The van der Waals surface area contributed by atoms with Crippen molar-refractivity contribution in [3.63, 3.8) is 0 Å². The zero-order valence-electron chi connectivity index (χ0n) is 26.6. The van der Waals surface area contributed by atoms with Crippen LogP contribution in [0, 0.1) is 0 Å². The van der Waals surface area contributed by atoms with Crippen LogP contribution in [0.5, 0.6) is 0 Å². The van der Waals surface area contributed by atoms with Gasteiger partial charge in [-0.3, -0.25) is 4.90 Å². The van der Waals surface area contributed by atoms with E-state index in [1.165, 1.54) is 42.0 Å². The standard InChI is InChI=1S/C38H45N5S3/c1-39-25-37(35-9-5-6-22-41(35)30-12-18-33(45)19-13-30)43(31-14-20-34(46)21-15-31)27-36(39)38-26-40(28-10-16-32(44)17-11-28)23-24-42(38)29-7-3-2-4-8-29/h2-4,7-8,10-21,35-38,44-46H,5-6,9,22-27H2,1H3. The molecule has 3 aliphatic heterocycles. The van der Waals surface area contributed by atoms with Crippen LogP contribution in [0.3, 0.4) is 0 Å². The first kappa shape index (κ1) is 31.7. The summed E-state index contributed by atoms with van der Waals surface area (Å²) in [6, 6.07) is 38.8. The van der Waals surface area contributed by atoms with Crippen LogP contribution in [0.2, 0.25) is 0 Å². The lowest BCUT2D eigenvalue weighted by molar-refractivity contribution is 0.142. The van der Waals surface area contributed by atoms with E-state index in [9.17, 15) is 0 Å². The summed E-state index contributed by atoms with van der Waals surface area (Å²) in [7, 11) is 2.37. The molecule has 4 aromatic rings. The first-order valence-corrected chi connectivity index (χ1v) is 18.0. The fourth-order valence-electron chi connectivity index (χ4n) is 7.99. The minimum absolute atomic E-state index is 0.315. The van der Waals surface area contributed by atoms with Crippen LogP contribution in [0.15, 0.2) is 118 Å². The molecule has 0 N–H and O–H groups in total. The summed E-state index contributed by atoms with van der Waals surface area (Å²) in [6.45, 7) is 6.00. The Hall–Kier alpha value is -2.91. The van der Waals surface area contributed by atoms with Gasteiger partial charge in [-0.25, -0.2) is 0 Å². The van der Waals surface area contributed by atoms with E-state index >= 15 is 0 Å². The van der Waals surface area contributed by atoms with Crippen LogP contribution >= 0.6 is 37.9 Å². The maximum atomic E-state index is 4.65. The van der Waals surface area contributed by atoms with Gasteiger partial charge in [0.05, 0.1) is 18.1 Å². The van der Waals surface area contributed by atoms with Crippen LogP contribution in [-0.4, -0.2) is 75.4 Å². The predicted molar refractivity (Wildman–Crippen MR) is 203 cm³/mol. The molecular formula is C38H45N5S3. The second kappa shape index (κ2) is 14.1. The fraction of sp³-hybridized carbons (Fsp3) is 0.368. The Kier molecular flexibility index (Phi) is 9.68. The highest BCUT2D eigenvalue weighted by Crippen LogP contribution is 2.36. The molecule has 0 aliphatic carbocycles. The Balaban J connectivity index is 1.24. The lowest BCUT2D eigenvalue weighted by Gasteiger charge is -2.56. The third kappa shape index (κ3) is 6.73. The Morgan fingerprint density at radius 2 is 0.978 bits per heavy atom. The second-order valence-electron chi connectivity index (χ2n) is 13.1. The fourth-order valence-corrected chi connectivity index (χ4v) is 8.44. The van der Waals surface area contributed by atoms with Crippen LogP contribution in [0.25, 0.3) is 0 Å². The number of rotatable bonds is 6. The summed E-state index contributed by atoms with van der Waals surface area (Å²) in [6.07, 6.45) is 3.70. The molecule has 5 nitrogen and oxygen atoms in total. The van der Waals surface area contributed by atoms with Gasteiger partial charge in [0.15, 0.2) is 0 Å². The van der Waals surface area contributed by atoms with Gasteiger partial charge in [-0.1, -0.05) is 18.2 Å². The summed E-state index contributed by atoms with van der Waals surface area (Å²) in [5.41, 5.74) is 5.19. The van der Waals surface area contributed by atoms with Gasteiger partial charge in [-0.2, -0.15) is 0 Å². The van der Waals surface area contributed by atoms with Crippen molar-refractivity contribution in [1.82, 2.24) is 4.90 Å². The number of piperazine rings is 2. The van der Waals surface area contributed by atoms with Crippen molar-refractivity contribution < 1.29 is 0 Å². The van der Waals surface area contributed by atoms with Crippen molar-refractivity contribution in [2.75, 3.05) is 65.9 Å². The molecule has 4 aromatic carbocycles. The largest absolute Gasteiger partial charge is 0.368 e. The molecule has 4 unspecified atom stereocenters. The van der Waals surface area contributed by atoms with Gasteiger partial charge in [0.25, 0.3) is 0 Å². The number of hydrogen-bond acceptors (Lipinski definition) is 8. The number of anilines is 4. The van der Waals surface area contributed by atoms with Crippen LogP contribution < -0.4 is 19.6 Å². The number of nitrogens with zero attached hydrogens (tertiary/aromatic N) is 5. The molecule has 3 saturated heterocycles.